The van der Waals surface area contributed by atoms with Gasteiger partial charge in [0.1, 0.15) is 18.1 Å². The summed E-state index contributed by atoms with van der Waals surface area (Å²) in [6.45, 7) is 14.8. The van der Waals surface area contributed by atoms with Gasteiger partial charge in [-0.1, -0.05) is 13.8 Å². The van der Waals surface area contributed by atoms with Crippen molar-refractivity contribution in [1.82, 2.24) is 19.6 Å². The highest BCUT2D eigenvalue weighted by Crippen LogP contribution is 2.39. The van der Waals surface area contributed by atoms with Crippen LogP contribution in [0, 0.1) is 29.1 Å². The second-order valence-corrected chi connectivity index (χ2v) is 16.1. The number of carbonyl (C=O) groups is 3. The quantitative estimate of drug-likeness (QED) is 0.330. The maximum Gasteiger partial charge on any atom is 0.319 e. The van der Waals surface area contributed by atoms with E-state index >= 15 is 0 Å². The lowest BCUT2D eigenvalue weighted by molar-refractivity contribution is -0.295. The van der Waals surface area contributed by atoms with Crippen LogP contribution in [0.2, 0.25) is 0 Å². The monoisotopic (exact) mass is 666 g/mol. The molecule has 0 aromatic heterocycles. The topological polar surface area (TPSA) is 121 Å². The maximum absolute atomic E-state index is 14.2. The molecule has 0 aromatic rings. The SMILES string of the molecule is CO[C@]1(C)C[C@@H](C)CN(C)[C@H](C2CN(C(=O)C3CCN(C)C3)C2)COC(=O)C(C)(C)C(=O)[C@H](C)[C@H]1O[C@@H]1O[C@H](C)C[C@H](N(C)C)[C@H]1O. The van der Waals surface area contributed by atoms with Gasteiger partial charge in [0.05, 0.1) is 23.7 Å². The highest BCUT2D eigenvalue weighted by molar-refractivity contribution is 6.04. The van der Waals surface area contributed by atoms with Crippen LogP contribution in [-0.4, -0.2) is 159 Å². The van der Waals surface area contributed by atoms with Gasteiger partial charge in [-0.15, -0.1) is 0 Å². The number of ether oxygens (including phenoxy) is 4. The van der Waals surface area contributed by atoms with Gasteiger partial charge in [-0.3, -0.25) is 19.3 Å². The first-order chi connectivity index (χ1) is 21.9. The van der Waals surface area contributed by atoms with E-state index in [1.54, 1.807) is 27.9 Å². The fourth-order valence-corrected chi connectivity index (χ4v) is 8.39. The largest absolute Gasteiger partial charge is 0.463 e. The van der Waals surface area contributed by atoms with Crippen molar-refractivity contribution in [2.75, 3.05) is 74.6 Å². The number of amides is 1. The number of hydrogen-bond acceptors (Lipinski definition) is 11. The molecule has 1 N–H and O–H groups in total. The number of likely N-dealkylation sites (tertiary alicyclic amines) is 2. The molecular weight excluding hydrogens is 604 g/mol. The third kappa shape index (κ3) is 8.22. The molecule has 12 heteroatoms. The number of hydrogen-bond donors (Lipinski definition) is 1. The lowest BCUT2D eigenvalue weighted by Gasteiger charge is -2.48. The number of methoxy groups -OCH3 is 1. The molecule has 1 unspecified atom stereocenters. The first-order valence-corrected chi connectivity index (χ1v) is 17.5. The standard InChI is InChI=1S/C35H62N4O8/c1-21-15-35(6,44-11)30(47-32-28(40)26(36(7)8)14-22(2)46-32)23(3)29(41)34(4,5)33(43)45-20-27(38(10)16-21)25-18-39(19-25)31(42)24-12-13-37(9)17-24/h21-28,30,32,40H,12-20H2,1-11H3/t21-,22-,23+,24?,26+,27+,28-,30-,32+,35-/m1/s1. The molecule has 1 amide bonds. The van der Waals surface area contributed by atoms with E-state index in [1.165, 1.54) is 0 Å². The summed E-state index contributed by atoms with van der Waals surface area (Å²) in [4.78, 5) is 49.4. The molecule has 0 aromatic carbocycles. The predicted octanol–water partition coefficient (Wildman–Crippen LogP) is 1.73. The zero-order valence-corrected chi connectivity index (χ0v) is 30.7. The van der Waals surface area contributed by atoms with Crippen molar-refractivity contribution in [2.24, 2.45) is 29.1 Å². The van der Waals surface area contributed by atoms with E-state index in [9.17, 15) is 19.5 Å². The summed E-state index contributed by atoms with van der Waals surface area (Å²) in [5, 5.41) is 11.3. The van der Waals surface area contributed by atoms with Gasteiger partial charge in [0.15, 0.2) is 12.1 Å². The molecule has 4 fully saturated rings. The lowest BCUT2D eigenvalue weighted by atomic mass is 9.74. The first-order valence-electron chi connectivity index (χ1n) is 17.5. The third-order valence-corrected chi connectivity index (χ3v) is 11.4. The summed E-state index contributed by atoms with van der Waals surface area (Å²) in [6.07, 6.45) is -0.840. The Morgan fingerprint density at radius 3 is 2.28 bits per heavy atom. The van der Waals surface area contributed by atoms with Gasteiger partial charge in [0.25, 0.3) is 0 Å². The third-order valence-electron chi connectivity index (χ3n) is 11.4. The van der Waals surface area contributed by atoms with Crippen LogP contribution in [0.1, 0.15) is 60.8 Å². The van der Waals surface area contributed by atoms with Crippen LogP contribution < -0.4 is 0 Å². The molecule has 4 aliphatic rings. The minimum atomic E-state index is -1.46. The van der Waals surface area contributed by atoms with Crippen molar-refractivity contribution < 1.29 is 38.4 Å². The predicted molar refractivity (Wildman–Crippen MR) is 178 cm³/mol. The summed E-state index contributed by atoms with van der Waals surface area (Å²) < 4.78 is 25.0. The molecule has 0 bridgehead atoms. The zero-order chi connectivity index (χ0) is 35.0. The summed E-state index contributed by atoms with van der Waals surface area (Å²) in [5.74, 6) is -1.19. The summed E-state index contributed by atoms with van der Waals surface area (Å²) in [7, 11) is 9.54. The highest BCUT2D eigenvalue weighted by atomic mass is 16.7. The van der Waals surface area contributed by atoms with E-state index in [-0.39, 0.29) is 54.2 Å². The van der Waals surface area contributed by atoms with Crippen molar-refractivity contribution in [3.05, 3.63) is 0 Å². The molecule has 0 aliphatic carbocycles. The number of carbonyl (C=O) groups excluding carboxylic acids is 3. The molecule has 4 aliphatic heterocycles. The number of nitrogens with zero attached hydrogens (tertiary/aromatic N) is 4. The van der Waals surface area contributed by atoms with Crippen molar-refractivity contribution in [3.63, 3.8) is 0 Å². The fourth-order valence-electron chi connectivity index (χ4n) is 8.39. The van der Waals surface area contributed by atoms with E-state index in [0.717, 1.165) is 19.5 Å². The van der Waals surface area contributed by atoms with E-state index in [2.05, 4.69) is 16.7 Å². The lowest BCUT2D eigenvalue weighted by Crippen LogP contribution is -2.60. The molecule has 0 spiro atoms. The zero-order valence-electron chi connectivity index (χ0n) is 30.7. The Morgan fingerprint density at radius 1 is 1.04 bits per heavy atom. The Hall–Kier alpha value is -1.67. The molecule has 0 radical (unpaired) electrons. The van der Waals surface area contributed by atoms with Crippen LogP contribution in [0.4, 0.5) is 0 Å². The number of likely N-dealkylation sites (N-methyl/N-ethyl adjacent to an activating group) is 2. The number of Topliss-reactive ketones (excluding diaryl/α,β-unsaturated/α-hetero) is 1. The van der Waals surface area contributed by atoms with Gasteiger partial charge in [0.2, 0.25) is 5.91 Å². The normalized spacial score (nSPS) is 40.4. The maximum atomic E-state index is 14.2. The number of aliphatic hydroxyl groups excluding tert-OH is 1. The summed E-state index contributed by atoms with van der Waals surface area (Å²) >= 11 is 0. The van der Waals surface area contributed by atoms with Gasteiger partial charge in [-0.05, 0) is 87.6 Å². The summed E-state index contributed by atoms with van der Waals surface area (Å²) in [5.41, 5.74) is -2.41. The van der Waals surface area contributed by atoms with E-state index < -0.39 is 41.4 Å². The Kier molecular flexibility index (Phi) is 12.2. The van der Waals surface area contributed by atoms with Crippen LogP contribution in [0.5, 0.6) is 0 Å². The number of aliphatic hydroxyl groups is 1. The number of esters is 1. The van der Waals surface area contributed by atoms with Gasteiger partial charge in [-0.25, -0.2) is 0 Å². The molecule has 12 nitrogen and oxygen atoms in total. The number of ketones is 1. The second-order valence-electron chi connectivity index (χ2n) is 16.1. The molecule has 4 heterocycles. The van der Waals surface area contributed by atoms with Crippen LogP contribution in [-0.2, 0) is 33.3 Å². The molecule has 270 valence electrons. The minimum absolute atomic E-state index is 0.0457. The smallest absolute Gasteiger partial charge is 0.319 e. The first kappa shape index (κ1) is 38.1. The van der Waals surface area contributed by atoms with Crippen molar-refractivity contribution >= 4 is 17.7 Å². The van der Waals surface area contributed by atoms with Gasteiger partial charge in [0, 0.05) is 57.2 Å². The van der Waals surface area contributed by atoms with E-state index in [4.69, 9.17) is 18.9 Å². The molecule has 4 saturated heterocycles. The Bertz CT molecular complexity index is 1120. The van der Waals surface area contributed by atoms with Crippen molar-refractivity contribution in [3.8, 4) is 0 Å². The molecule has 10 atom stereocenters. The van der Waals surface area contributed by atoms with Crippen LogP contribution >= 0.6 is 0 Å². The van der Waals surface area contributed by atoms with Gasteiger partial charge >= 0.3 is 5.97 Å². The van der Waals surface area contributed by atoms with Crippen molar-refractivity contribution in [2.45, 2.75) is 103 Å². The van der Waals surface area contributed by atoms with Gasteiger partial charge in [-0.2, -0.15) is 0 Å². The molecular formula is C35H62N4O8. The Labute approximate surface area is 282 Å². The summed E-state index contributed by atoms with van der Waals surface area (Å²) in [6, 6.07) is -0.302. The minimum Gasteiger partial charge on any atom is -0.463 e. The van der Waals surface area contributed by atoms with E-state index in [0.29, 0.717) is 32.5 Å². The molecule has 47 heavy (non-hydrogen) atoms. The number of cyclic esters (lactones) is 1. The Morgan fingerprint density at radius 2 is 1.70 bits per heavy atom. The number of rotatable bonds is 6. The van der Waals surface area contributed by atoms with Crippen LogP contribution in [0.25, 0.3) is 0 Å². The van der Waals surface area contributed by atoms with Gasteiger partial charge < -0.3 is 38.8 Å². The van der Waals surface area contributed by atoms with Crippen LogP contribution in [0.3, 0.4) is 0 Å². The van der Waals surface area contributed by atoms with Crippen molar-refractivity contribution in [1.29, 1.82) is 0 Å². The highest BCUT2D eigenvalue weighted by Gasteiger charge is 2.52. The van der Waals surface area contributed by atoms with E-state index in [1.807, 2.05) is 51.8 Å². The fraction of sp³-hybridized carbons (Fsp3) is 0.914. The average molecular weight is 667 g/mol. The molecule has 0 saturated carbocycles. The Balaban J connectivity index is 1.58. The second kappa shape index (κ2) is 15.1. The van der Waals surface area contributed by atoms with Crippen LogP contribution in [0.15, 0.2) is 0 Å². The average Bonchev–Trinajstić information content (AvgIpc) is 3.42. The molecule has 4 rings (SSSR count).